The second-order valence-electron chi connectivity index (χ2n) is 10.9. The Balaban J connectivity index is 1.48. The molecule has 0 saturated carbocycles. The first-order valence-electron chi connectivity index (χ1n) is 14.9. The third kappa shape index (κ3) is 8.79. The minimum absolute atomic E-state index is 0.00624. The number of hydrogen-bond donors (Lipinski definition) is 2. The van der Waals surface area contributed by atoms with E-state index in [4.69, 9.17) is 23.8 Å². The minimum atomic E-state index is -1.38. The highest BCUT2D eigenvalue weighted by atomic mass is 16.8. The van der Waals surface area contributed by atoms with Crippen LogP contribution in [-0.4, -0.2) is 86.2 Å². The van der Waals surface area contributed by atoms with Crippen LogP contribution in [0.2, 0.25) is 0 Å². The highest BCUT2D eigenvalue weighted by Gasteiger charge is 2.46. The van der Waals surface area contributed by atoms with Crippen molar-refractivity contribution in [1.82, 2.24) is 5.32 Å². The second kappa shape index (κ2) is 15.9. The first-order chi connectivity index (χ1) is 22.6. The number of carboxylic acid groups (broad SMARTS) is 1. The number of carbonyl (C=O) groups excluding carboxylic acids is 4. The van der Waals surface area contributed by atoms with Gasteiger partial charge in [0.2, 0.25) is 0 Å². The van der Waals surface area contributed by atoms with Gasteiger partial charge in [-0.1, -0.05) is 12.1 Å². The molecule has 13 heteroatoms. The Morgan fingerprint density at radius 1 is 0.809 bits per heavy atom. The van der Waals surface area contributed by atoms with E-state index < -0.39 is 34.4 Å². The summed E-state index contributed by atoms with van der Waals surface area (Å²) in [6, 6.07) is 15.8. The summed E-state index contributed by atoms with van der Waals surface area (Å²) in [4.78, 5) is 69.8. The predicted molar refractivity (Wildman–Crippen MR) is 166 cm³/mol. The molecule has 3 aromatic rings. The van der Waals surface area contributed by atoms with Crippen LogP contribution in [0.15, 0.2) is 66.7 Å². The molecule has 1 aliphatic rings. The zero-order valence-electron chi connectivity index (χ0n) is 26.4. The molecular weight excluding hydrogens is 612 g/mol. The van der Waals surface area contributed by atoms with Crippen LogP contribution in [0.4, 0.5) is 4.79 Å². The van der Waals surface area contributed by atoms with Crippen LogP contribution in [0, 0.1) is 0 Å². The maximum absolute atomic E-state index is 13.4. The summed E-state index contributed by atoms with van der Waals surface area (Å²) in [5, 5.41) is 13.1. The van der Waals surface area contributed by atoms with E-state index in [0.717, 1.165) is 0 Å². The van der Waals surface area contributed by atoms with E-state index in [2.05, 4.69) is 5.32 Å². The third-order valence-electron chi connectivity index (χ3n) is 7.58. The molecule has 3 aromatic carbocycles. The average Bonchev–Trinajstić information content (AvgIpc) is 3.28. The molecule has 13 nitrogen and oxygen atoms in total. The molecule has 248 valence electrons. The van der Waals surface area contributed by atoms with Crippen LogP contribution >= 0.6 is 0 Å². The summed E-state index contributed by atoms with van der Waals surface area (Å²) in [5.74, 6) is -1.27. The lowest BCUT2D eigenvalue weighted by Gasteiger charge is -2.30. The number of likely N-dealkylation sites (tertiary alicyclic amines) is 1. The molecule has 0 aromatic heterocycles. The number of amides is 2. The number of quaternary nitrogens is 1. The molecule has 2 atom stereocenters. The Labute approximate surface area is 271 Å². The third-order valence-corrected chi connectivity index (χ3v) is 7.58. The number of hydroxylamine groups is 3. The fourth-order valence-corrected chi connectivity index (χ4v) is 5.11. The maximum Gasteiger partial charge on any atom is 0.556 e. The molecule has 47 heavy (non-hydrogen) atoms. The predicted octanol–water partition coefficient (Wildman–Crippen LogP) is 4.63. The summed E-state index contributed by atoms with van der Waals surface area (Å²) in [6.45, 7) is 1.15. The quantitative estimate of drug-likeness (QED) is 0.160. The number of ketones is 2. The zero-order chi connectivity index (χ0) is 34.0. The maximum atomic E-state index is 13.4. The first-order valence-corrected chi connectivity index (χ1v) is 14.9. The Kier molecular flexibility index (Phi) is 11.8. The molecule has 2 unspecified atom stereocenters. The normalized spacial score (nSPS) is 17.6. The van der Waals surface area contributed by atoms with Crippen molar-refractivity contribution in [2.24, 2.45) is 0 Å². The minimum Gasteiger partial charge on any atom is -0.468 e. The van der Waals surface area contributed by atoms with Crippen molar-refractivity contribution in [3.63, 3.8) is 0 Å². The smallest absolute Gasteiger partial charge is 0.468 e. The summed E-state index contributed by atoms with van der Waals surface area (Å²) >= 11 is 0. The lowest BCUT2D eigenvalue weighted by atomic mass is 9.98. The van der Waals surface area contributed by atoms with E-state index in [1.54, 1.807) is 30.3 Å². The Morgan fingerprint density at radius 3 is 2.06 bits per heavy atom. The molecule has 2 amide bonds. The van der Waals surface area contributed by atoms with E-state index >= 15 is 0 Å². The van der Waals surface area contributed by atoms with Gasteiger partial charge in [-0.15, -0.1) is 0 Å². The molecule has 1 saturated heterocycles. The highest BCUT2D eigenvalue weighted by Crippen LogP contribution is 2.26. The Morgan fingerprint density at radius 2 is 1.43 bits per heavy atom. The van der Waals surface area contributed by atoms with Gasteiger partial charge in [0, 0.05) is 37.3 Å². The molecule has 0 radical (unpaired) electrons. The molecule has 0 aliphatic carbocycles. The summed E-state index contributed by atoms with van der Waals surface area (Å²) in [7, 11) is 2.93. The Bertz CT molecular complexity index is 1610. The molecule has 0 spiro atoms. The van der Waals surface area contributed by atoms with Gasteiger partial charge in [0.1, 0.15) is 18.0 Å². The number of nitrogens with zero attached hydrogens (tertiary/aromatic N) is 1. The van der Waals surface area contributed by atoms with Crippen molar-refractivity contribution in [3.05, 3.63) is 94.5 Å². The van der Waals surface area contributed by atoms with E-state index in [9.17, 15) is 29.1 Å². The molecule has 2 N–H and O–H groups in total. The molecular formula is C34H37N2O11+. The second-order valence-corrected chi connectivity index (χ2v) is 10.9. The number of benzene rings is 3. The van der Waals surface area contributed by atoms with Crippen LogP contribution in [0.5, 0.6) is 11.5 Å². The van der Waals surface area contributed by atoms with Crippen molar-refractivity contribution in [1.29, 1.82) is 0 Å². The van der Waals surface area contributed by atoms with Crippen molar-refractivity contribution >= 4 is 29.5 Å². The van der Waals surface area contributed by atoms with Crippen LogP contribution in [0.1, 0.15) is 73.2 Å². The van der Waals surface area contributed by atoms with Gasteiger partial charge in [-0.25, -0.2) is 4.79 Å². The summed E-state index contributed by atoms with van der Waals surface area (Å²) in [6.07, 6.45) is 0.165. The van der Waals surface area contributed by atoms with Gasteiger partial charge in [-0.05, 0) is 79.0 Å². The van der Waals surface area contributed by atoms with E-state index in [-0.39, 0.29) is 54.9 Å². The fraction of sp³-hybridized carbons (Fsp3) is 0.324. The molecule has 1 fully saturated rings. The molecule has 1 heterocycles. The SMILES string of the molecule is COCOc1ccc(C(=O)NC2CCCC[N+](OC(=O)c3ccc(C(=O)c4cc(C(C)=O)ccc4OCOC)cc3)(C(=O)O)C2)cc1. The average molecular weight is 650 g/mol. The number of hydrogen-bond acceptors (Lipinski definition) is 10. The fourth-order valence-electron chi connectivity index (χ4n) is 5.11. The van der Waals surface area contributed by atoms with E-state index in [0.29, 0.717) is 36.1 Å². The van der Waals surface area contributed by atoms with Gasteiger partial charge in [-0.2, -0.15) is 4.79 Å². The van der Waals surface area contributed by atoms with Crippen LogP contribution in [-0.2, 0) is 14.3 Å². The van der Waals surface area contributed by atoms with Gasteiger partial charge < -0.3 is 29.4 Å². The lowest BCUT2D eigenvalue weighted by molar-refractivity contribution is -1.03. The Hall–Kier alpha value is -5.11. The van der Waals surface area contributed by atoms with Crippen LogP contribution in [0.3, 0.4) is 0 Å². The first kappa shape index (κ1) is 34.8. The monoisotopic (exact) mass is 649 g/mol. The number of ether oxygens (including phenoxy) is 4. The van der Waals surface area contributed by atoms with Gasteiger partial charge >= 0.3 is 12.1 Å². The van der Waals surface area contributed by atoms with Crippen molar-refractivity contribution in [2.45, 2.75) is 32.2 Å². The zero-order valence-corrected chi connectivity index (χ0v) is 26.4. The highest BCUT2D eigenvalue weighted by molar-refractivity contribution is 6.12. The van der Waals surface area contributed by atoms with E-state index in [1.165, 1.54) is 57.5 Å². The van der Waals surface area contributed by atoms with Crippen molar-refractivity contribution in [2.75, 3.05) is 40.9 Å². The summed E-state index contributed by atoms with van der Waals surface area (Å²) < 4.78 is 19.6. The van der Waals surface area contributed by atoms with E-state index in [1.807, 2.05) is 0 Å². The largest absolute Gasteiger partial charge is 0.556 e. The number of rotatable bonds is 12. The molecule has 1 aliphatic heterocycles. The molecule has 0 bridgehead atoms. The molecule has 4 rings (SSSR count). The number of carbonyl (C=O) groups is 5. The number of methoxy groups -OCH3 is 2. The number of nitrogens with one attached hydrogen (secondary N) is 1. The van der Waals surface area contributed by atoms with Gasteiger partial charge in [0.15, 0.2) is 31.7 Å². The van der Waals surface area contributed by atoms with Crippen molar-refractivity contribution in [3.8, 4) is 11.5 Å². The van der Waals surface area contributed by atoms with Crippen molar-refractivity contribution < 1.29 is 57.5 Å². The number of Topliss-reactive ketones (excluding diaryl/α,β-unsaturated/α-hetero) is 1. The van der Waals surface area contributed by atoms with Crippen LogP contribution < -0.4 is 14.8 Å². The summed E-state index contributed by atoms with van der Waals surface area (Å²) in [5.41, 5.74) is 1.02. The topological polar surface area (TPSA) is 164 Å². The lowest BCUT2D eigenvalue weighted by Crippen LogP contribution is -2.58. The van der Waals surface area contributed by atoms with Crippen LogP contribution in [0.25, 0.3) is 0 Å². The van der Waals surface area contributed by atoms with Gasteiger partial charge in [-0.3, -0.25) is 19.2 Å². The van der Waals surface area contributed by atoms with Gasteiger partial charge in [0.05, 0.1) is 17.2 Å². The standard InChI is InChI=1S/C34H36N2O11/c1-22(37)26-13-16-30(46-21-44-3)29(18-26)31(38)23-7-9-25(10-8-23)33(40)47-36(34(41)42)17-5-4-6-27(19-36)35-32(39)24-11-14-28(15-12-24)45-20-43-2/h7-16,18,27H,4-6,17,19-21H2,1-3H3,(H-,35,39,41,42)/p+1. The van der Waals surface area contributed by atoms with Gasteiger partial charge in [0.25, 0.3) is 5.91 Å².